The van der Waals surface area contributed by atoms with Gasteiger partial charge < -0.3 is 10.2 Å². The highest BCUT2D eigenvalue weighted by molar-refractivity contribution is 6.30. The molecule has 1 aliphatic rings. The van der Waals surface area contributed by atoms with Gasteiger partial charge in [-0.2, -0.15) is 0 Å². The zero-order valence-electron chi connectivity index (χ0n) is 15.2. The molecule has 1 heterocycles. The van der Waals surface area contributed by atoms with E-state index in [1.165, 1.54) is 0 Å². The van der Waals surface area contributed by atoms with Gasteiger partial charge in [-0.3, -0.25) is 14.5 Å². The fraction of sp³-hybridized carbons (Fsp3) is 0.333. The zero-order chi connectivity index (χ0) is 19.1. The predicted octanol–water partition coefficient (Wildman–Crippen LogP) is 2.80. The lowest BCUT2D eigenvalue weighted by molar-refractivity contribution is -0.122. The first-order valence-electron chi connectivity index (χ1n) is 9.19. The van der Waals surface area contributed by atoms with E-state index in [0.29, 0.717) is 43.3 Å². The van der Waals surface area contributed by atoms with Crippen LogP contribution in [0.5, 0.6) is 0 Å². The molecule has 1 fully saturated rings. The Labute approximate surface area is 164 Å². The maximum absolute atomic E-state index is 12.6. The molecule has 0 unspecified atom stereocenters. The summed E-state index contributed by atoms with van der Waals surface area (Å²) in [4.78, 5) is 28.8. The second-order valence-electron chi connectivity index (χ2n) is 6.69. The molecule has 0 saturated carbocycles. The predicted molar refractivity (Wildman–Crippen MR) is 107 cm³/mol. The van der Waals surface area contributed by atoms with Crippen LogP contribution in [-0.4, -0.2) is 54.3 Å². The van der Waals surface area contributed by atoms with E-state index in [-0.39, 0.29) is 11.8 Å². The number of benzene rings is 2. The van der Waals surface area contributed by atoms with E-state index in [2.05, 4.69) is 10.2 Å². The van der Waals surface area contributed by atoms with Crippen molar-refractivity contribution < 1.29 is 9.59 Å². The average molecular weight is 386 g/mol. The molecule has 3 rings (SSSR count). The minimum atomic E-state index is -0.0159. The van der Waals surface area contributed by atoms with Gasteiger partial charge in [0.25, 0.3) is 5.91 Å². The molecule has 0 radical (unpaired) electrons. The van der Waals surface area contributed by atoms with Crippen LogP contribution in [0.3, 0.4) is 0 Å². The molecule has 2 aromatic rings. The van der Waals surface area contributed by atoms with Crippen LogP contribution in [0.25, 0.3) is 0 Å². The SMILES string of the molecule is O=C(CN1CCCN(C(=O)c2ccccc2)CC1)NCc1cccc(Cl)c1. The molecule has 5 nitrogen and oxygen atoms in total. The Balaban J connectivity index is 1.46. The van der Waals surface area contributed by atoms with Crippen LogP contribution in [0.15, 0.2) is 54.6 Å². The zero-order valence-corrected chi connectivity index (χ0v) is 16.0. The number of amides is 2. The van der Waals surface area contributed by atoms with E-state index in [9.17, 15) is 9.59 Å². The summed E-state index contributed by atoms with van der Waals surface area (Å²) >= 11 is 5.96. The van der Waals surface area contributed by atoms with Gasteiger partial charge >= 0.3 is 0 Å². The van der Waals surface area contributed by atoms with Crippen molar-refractivity contribution in [2.45, 2.75) is 13.0 Å². The van der Waals surface area contributed by atoms with E-state index >= 15 is 0 Å². The fourth-order valence-electron chi connectivity index (χ4n) is 3.20. The molecule has 0 atom stereocenters. The highest BCUT2D eigenvalue weighted by Crippen LogP contribution is 2.11. The van der Waals surface area contributed by atoms with Gasteiger partial charge in [0, 0.05) is 43.3 Å². The second-order valence-corrected chi connectivity index (χ2v) is 7.13. The van der Waals surface area contributed by atoms with E-state index < -0.39 is 0 Å². The standard InChI is InChI=1S/C21H24ClN3O2/c22-19-9-4-6-17(14-19)15-23-20(26)16-24-10-5-11-25(13-12-24)21(27)18-7-2-1-3-8-18/h1-4,6-9,14H,5,10-13,15-16H2,(H,23,26). The minimum Gasteiger partial charge on any atom is -0.351 e. The van der Waals surface area contributed by atoms with Crippen LogP contribution in [0.2, 0.25) is 5.02 Å². The lowest BCUT2D eigenvalue weighted by atomic mass is 10.2. The summed E-state index contributed by atoms with van der Waals surface area (Å²) in [6, 6.07) is 16.8. The van der Waals surface area contributed by atoms with Crippen LogP contribution < -0.4 is 5.32 Å². The van der Waals surface area contributed by atoms with E-state index in [4.69, 9.17) is 11.6 Å². The number of hydrogen-bond acceptors (Lipinski definition) is 3. The fourth-order valence-corrected chi connectivity index (χ4v) is 3.41. The van der Waals surface area contributed by atoms with E-state index in [1.54, 1.807) is 0 Å². The van der Waals surface area contributed by atoms with Crippen molar-refractivity contribution in [1.82, 2.24) is 15.1 Å². The Hall–Kier alpha value is -2.37. The molecule has 2 amide bonds. The van der Waals surface area contributed by atoms with Crippen molar-refractivity contribution in [3.05, 3.63) is 70.7 Å². The Morgan fingerprint density at radius 1 is 0.963 bits per heavy atom. The number of nitrogens with zero attached hydrogens (tertiary/aromatic N) is 2. The molecule has 1 saturated heterocycles. The highest BCUT2D eigenvalue weighted by atomic mass is 35.5. The molecule has 0 aliphatic carbocycles. The molecule has 6 heteroatoms. The number of halogens is 1. The first-order chi connectivity index (χ1) is 13.1. The lowest BCUT2D eigenvalue weighted by Crippen LogP contribution is -2.39. The van der Waals surface area contributed by atoms with Crippen molar-refractivity contribution in [3.63, 3.8) is 0 Å². The van der Waals surface area contributed by atoms with E-state index in [0.717, 1.165) is 18.5 Å². The Bertz CT molecular complexity index is 782. The van der Waals surface area contributed by atoms with Gasteiger partial charge in [-0.15, -0.1) is 0 Å². The maximum Gasteiger partial charge on any atom is 0.253 e. The Kier molecular flexibility index (Phi) is 6.85. The first-order valence-corrected chi connectivity index (χ1v) is 9.57. The van der Waals surface area contributed by atoms with Crippen molar-refractivity contribution in [3.8, 4) is 0 Å². The molecular weight excluding hydrogens is 362 g/mol. The summed E-state index contributed by atoms with van der Waals surface area (Å²) in [6.07, 6.45) is 0.861. The van der Waals surface area contributed by atoms with Crippen LogP contribution in [0.4, 0.5) is 0 Å². The number of hydrogen-bond donors (Lipinski definition) is 1. The maximum atomic E-state index is 12.6. The van der Waals surface area contributed by atoms with E-state index in [1.807, 2.05) is 59.5 Å². The minimum absolute atomic E-state index is 0.0159. The Morgan fingerprint density at radius 2 is 1.78 bits per heavy atom. The largest absolute Gasteiger partial charge is 0.351 e. The molecule has 0 bridgehead atoms. The number of carbonyl (C=O) groups is 2. The molecule has 0 aromatic heterocycles. The van der Waals surface area contributed by atoms with Gasteiger partial charge in [0.2, 0.25) is 5.91 Å². The monoisotopic (exact) mass is 385 g/mol. The Morgan fingerprint density at radius 3 is 2.56 bits per heavy atom. The van der Waals surface area contributed by atoms with Crippen LogP contribution in [0.1, 0.15) is 22.3 Å². The van der Waals surface area contributed by atoms with Crippen LogP contribution >= 0.6 is 11.6 Å². The highest BCUT2D eigenvalue weighted by Gasteiger charge is 2.21. The smallest absolute Gasteiger partial charge is 0.253 e. The van der Waals surface area contributed by atoms with Gasteiger partial charge in [0.05, 0.1) is 6.54 Å². The van der Waals surface area contributed by atoms with Crippen LogP contribution in [0, 0.1) is 0 Å². The number of rotatable bonds is 5. The van der Waals surface area contributed by atoms with Gasteiger partial charge in [0.15, 0.2) is 0 Å². The van der Waals surface area contributed by atoms with Gasteiger partial charge in [0.1, 0.15) is 0 Å². The average Bonchev–Trinajstić information content (AvgIpc) is 2.92. The van der Waals surface area contributed by atoms with Crippen molar-refractivity contribution >= 4 is 23.4 Å². The van der Waals surface area contributed by atoms with Crippen LogP contribution in [-0.2, 0) is 11.3 Å². The molecule has 2 aromatic carbocycles. The summed E-state index contributed by atoms with van der Waals surface area (Å²) in [7, 11) is 0. The van der Waals surface area contributed by atoms with Gasteiger partial charge in [-0.05, 0) is 36.2 Å². The third kappa shape index (κ3) is 5.81. The molecule has 1 aliphatic heterocycles. The quantitative estimate of drug-likeness (QED) is 0.861. The molecular formula is C21H24ClN3O2. The summed E-state index contributed by atoms with van der Waals surface area (Å²) in [5.41, 5.74) is 1.69. The molecule has 142 valence electrons. The third-order valence-corrected chi connectivity index (χ3v) is 4.88. The van der Waals surface area contributed by atoms with Crippen molar-refractivity contribution in [1.29, 1.82) is 0 Å². The summed E-state index contributed by atoms with van der Waals surface area (Å²) in [5, 5.41) is 3.60. The van der Waals surface area contributed by atoms with Gasteiger partial charge in [-0.25, -0.2) is 0 Å². The third-order valence-electron chi connectivity index (χ3n) is 4.64. The summed E-state index contributed by atoms with van der Waals surface area (Å²) in [5.74, 6) is 0.0423. The number of nitrogens with one attached hydrogen (secondary N) is 1. The first kappa shape index (κ1) is 19.4. The van der Waals surface area contributed by atoms with Gasteiger partial charge in [-0.1, -0.05) is 41.9 Å². The molecule has 0 spiro atoms. The summed E-state index contributed by atoms with van der Waals surface area (Å²) < 4.78 is 0. The molecule has 1 N–H and O–H groups in total. The summed E-state index contributed by atoms with van der Waals surface area (Å²) in [6.45, 7) is 3.66. The normalized spacial score (nSPS) is 15.2. The van der Waals surface area contributed by atoms with Crippen molar-refractivity contribution in [2.75, 3.05) is 32.7 Å². The topological polar surface area (TPSA) is 52.7 Å². The number of carbonyl (C=O) groups excluding carboxylic acids is 2. The lowest BCUT2D eigenvalue weighted by Gasteiger charge is -2.22. The second kappa shape index (κ2) is 9.53. The molecule has 27 heavy (non-hydrogen) atoms. The van der Waals surface area contributed by atoms with Crippen molar-refractivity contribution in [2.24, 2.45) is 0 Å².